The van der Waals surface area contributed by atoms with Crippen molar-refractivity contribution >= 4 is 5.97 Å². The van der Waals surface area contributed by atoms with Gasteiger partial charge in [0.05, 0.1) is 6.61 Å². The SMILES string of the molecule is C=CCOC(CN)C(=O)ONC. The van der Waals surface area contributed by atoms with E-state index in [1.807, 2.05) is 0 Å². The van der Waals surface area contributed by atoms with Gasteiger partial charge in [0.15, 0.2) is 6.10 Å². The third kappa shape index (κ3) is 4.07. The quantitative estimate of drug-likeness (QED) is 0.407. The van der Waals surface area contributed by atoms with Gasteiger partial charge in [0.2, 0.25) is 0 Å². The molecule has 0 aromatic carbocycles. The number of hydrogen-bond acceptors (Lipinski definition) is 5. The van der Waals surface area contributed by atoms with E-state index < -0.39 is 12.1 Å². The molecule has 0 aliphatic carbocycles. The molecule has 0 amide bonds. The molecule has 0 aromatic heterocycles. The normalized spacial score (nSPS) is 12.2. The molecule has 5 heteroatoms. The highest BCUT2D eigenvalue weighted by Gasteiger charge is 2.17. The van der Waals surface area contributed by atoms with Crippen molar-refractivity contribution in [2.75, 3.05) is 20.2 Å². The largest absolute Gasteiger partial charge is 0.369 e. The first-order valence-electron chi connectivity index (χ1n) is 3.56. The van der Waals surface area contributed by atoms with E-state index in [4.69, 9.17) is 10.5 Å². The molecule has 0 heterocycles. The first-order valence-corrected chi connectivity index (χ1v) is 3.56. The van der Waals surface area contributed by atoms with Gasteiger partial charge in [-0.3, -0.25) is 0 Å². The van der Waals surface area contributed by atoms with Gasteiger partial charge in [0, 0.05) is 13.6 Å². The Morgan fingerprint density at radius 2 is 2.50 bits per heavy atom. The Labute approximate surface area is 71.5 Å². The van der Waals surface area contributed by atoms with Crippen molar-refractivity contribution in [3.05, 3.63) is 12.7 Å². The fraction of sp³-hybridized carbons (Fsp3) is 0.571. The van der Waals surface area contributed by atoms with Crippen molar-refractivity contribution in [1.82, 2.24) is 5.48 Å². The molecule has 0 aliphatic rings. The van der Waals surface area contributed by atoms with Crippen LogP contribution in [0.4, 0.5) is 0 Å². The van der Waals surface area contributed by atoms with Crippen LogP contribution in [0.1, 0.15) is 0 Å². The van der Waals surface area contributed by atoms with Gasteiger partial charge in [0.25, 0.3) is 0 Å². The zero-order valence-corrected chi connectivity index (χ0v) is 7.08. The van der Waals surface area contributed by atoms with E-state index in [-0.39, 0.29) is 13.2 Å². The molecule has 0 radical (unpaired) electrons. The molecule has 0 rings (SSSR count). The van der Waals surface area contributed by atoms with Gasteiger partial charge in [-0.05, 0) is 0 Å². The van der Waals surface area contributed by atoms with Crippen molar-refractivity contribution in [3.8, 4) is 0 Å². The Kier molecular flexibility index (Phi) is 6.26. The first-order chi connectivity index (χ1) is 5.76. The van der Waals surface area contributed by atoms with Crippen LogP contribution in [0.5, 0.6) is 0 Å². The monoisotopic (exact) mass is 174 g/mol. The van der Waals surface area contributed by atoms with Gasteiger partial charge in [-0.2, -0.15) is 5.48 Å². The van der Waals surface area contributed by atoms with Gasteiger partial charge in [-0.15, -0.1) is 6.58 Å². The Morgan fingerprint density at radius 1 is 1.83 bits per heavy atom. The number of ether oxygens (including phenoxy) is 1. The third-order valence-electron chi connectivity index (χ3n) is 1.09. The van der Waals surface area contributed by atoms with E-state index in [0.717, 1.165) is 0 Å². The Hall–Kier alpha value is -0.910. The maximum atomic E-state index is 11.0. The van der Waals surface area contributed by atoms with Crippen LogP contribution in [-0.2, 0) is 14.4 Å². The van der Waals surface area contributed by atoms with E-state index in [0.29, 0.717) is 0 Å². The van der Waals surface area contributed by atoms with Crippen molar-refractivity contribution in [3.63, 3.8) is 0 Å². The molecule has 5 nitrogen and oxygen atoms in total. The predicted molar refractivity (Wildman–Crippen MR) is 44.1 cm³/mol. The number of rotatable bonds is 6. The second-order valence-corrected chi connectivity index (χ2v) is 1.97. The highest BCUT2D eigenvalue weighted by Crippen LogP contribution is 1.92. The molecule has 1 atom stereocenters. The van der Waals surface area contributed by atoms with Crippen LogP contribution < -0.4 is 11.2 Å². The van der Waals surface area contributed by atoms with Crippen molar-refractivity contribution in [1.29, 1.82) is 0 Å². The smallest absolute Gasteiger partial charge is 0.355 e. The molecular weight excluding hydrogens is 160 g/mol. The van der Waals surface area contributed by atoms with Crippen LogP contribution >= 0.6 is 0 Å². The lowest BCUT2D eigenvalue weighted by Crippen LogP contribution is -2.36. The van der Waals surface area contributed by atoms with E-state index in [1.54, 1.807) is 0 Å². The summed E-state index contributed by atoms with van der Waals surface area (Å²) < 4.78 is 5.00. The van der Waals surface area contributed by atoms with Gasteiger partial charge in [-0.1, -0.05) is 6.08 Å². The fourth-order valence-electron chi connectivity index (χ4n) is 0.583. The van der Waals surface area contributed by atoms with Crippen LogP contribution in [0.2, 0.25) is 0 Å². The molecular formula is C7H14N2O3. The van der Waals surface area contributed by atoms with Gasteiger partial charge in [-0.25, -0.2) is 4.79 Å². The summed E-state index contributed by atoms with van der Waals surface area (Å²) >= 11 is 0. The zero-order valence-electron chi connectivity index (χ0n) is 7.08. The maximum absolute atomic E-state index is 11.0. The third-order valence-corrected chi connectivity index (χ3v) is 1.09. The molecule has 0 bridgehead atoms. The van der Waals surface area contributed by atoms with Crippen molar-refractivity contribution in [2.45, 2.75) is 6.10 Å². The highest BCUT2D eigenvalue weighted by molar-refractivity contribution is 5.74. The Balaban J connectivity index is 3.78. The number of carbonyl (C=O) groups excluding carboxylic acids is 1. The molecule has 0 saturated heterocycles. The Bertz CT molecular complexity index is 150. The summed E-state index contributed by atoms with van der Waals surface area (Å²) in [5, 5.41) is 0. The van der Waals surface area contributed by atoms with E-state index in [1.165, 1.54) is 13.1 Å². The lowest BCUT2D eigenvalue weighted by molar-refractivity contribution is -0.162. The number of hydroxylamine groups is 1. The van der Waals surface area contributed by atoms with E-state index in [9.17, 15) is 4.79 Å². The van der Waals surface area contributed by atoms with Crippen LogP contribution in [0.25, 0.3) is 0 Å². The second kappa shape index (κ2) is 6.78. The minimum absolute atomic E-state index is 0.0916. The maximum Gasteiger partial charge on any atom is 0.355 e. The number of carbonyl (C=O) groups is 1. The first kappa shape index (κ1) is 11.1. The molecule has 0 fully saturated rings. The summed E-state index contributed by atoms with van der Waals surface area (Å²) in [6, 6.07) is 0. The summed E-state index contributed by atoms with van der Waals surface area (Å²) in [6.07, 6.45) is 0.811. The Morgan fingerprint density at radius 3 is 2.92 bits per heavy atom. The average Bonchev–Trinajstić information content (AvgIpc) is 2.06. The minimum Gasteiger partial charge on any atom is -0.369 e. The van der Waals surface area contributed by atoms with Gasteiger partial charge >= 0.3 is 5.97 Å². The molecule has 0 spiro atoms. The van der Waals surface area contributed by atoms with E-state index in [2.05, 4.69) is 16.9 Å². The van der Waals surface area contributed by atoms with Crippen molar-refractivity contribution in [2.24, 2.45) is 5.73 Å². The number of hydrogen-bond donors (Lipinski definition) is 2. The second-order valence-electron chi connectivity index (χ2n) is 1.97. The summed E-state index contributed by atoms with van der Waals surface area (Å²) in [5.41, 5.74) is 7.50. The fourth-order valence-corrected chi connectivity index (χ4v) is 0.583. The van der Waals surface area contributed by atoms with Crippen LogP contribution in [0.3, 0.4) is 0 Å². The molecule has 12 heavy (non-hydrogen) atoms. The lowest BCUT2D eigenvalue weighted by atomic mass is 10.4. The van der Waals surface area contributed by atoms with Gasteiger partial charge in [0.1, 0.15) is 0 Å². The summed E-state index contributed by atoms with van der Waals surface area (Å²) in [6.45, 7) is 3.81. The van der Waals surface area contributed by atoms with Crippen LogP contribution in [0, 0.1) is 0 Å². The highest BCUT2D eigenvalue weighted by atomic mass is 16.7. The summed E-state index contributed by atoms with van der Waals surface area (Å²) in [4.78, 5) is 15.4. The summed E-state index contributed by atoms with van der Waals surface area (Å²) in [5.74, 6) is -0.526. The topological polar surface area (TPSA) is 73.6 Å². The predicted octanol–water partition coefficient (Wildman–Crippen LogP) is -0.806. The molecule has 0 saturated carbocycles. The molecule has 1 unspecified atom stereocenters. The van der Waals surface area contributed by atoms with Crippen molar-refractivity contribution < 1.29 is 14.4 Å². The molecule has 0 aliphatic heterocycles. The zero-order chi connectivity index (χ0) is 9.40. The average molecular weight is 174 g/mol. The standard InChI is InChI=1S/C7H14N2O3/c1-3-4-11-6(5-8)7(10)12-9-2/h3,6,9H,1,4-5,8H2,2H3. The van der Waals surface area contributed by atoms with Gasteiger partial charge < -0.3 is 15.3 Å². The molecule has 70 valence electrons. The number of nitrogens with one attached hydrogen (secondary N) is 1. The lowest BCUT2D eigenvalue weighted by Gasteiger charge is -2.12. The molecule has 3 N–H and O–H groups in total. The molecule has 0 aromatic rings. The van der Waals surface area contributed by atoms with Crippen LogP contribution in [0.15, 0.2) is 12.7 Å². The summed E-state index contributed by atoms with van der Waals surface area (Å²) in [7, 11) is 1.49. The van der Waals surface area contributed by atoms with E-state index >= 15 is 0 Å². The van der Waals surface area contributed by atoms with Crippen LogP contribution in [-0.4, -0.2) is 32.3 Å². The number of nitrogens with two attached hydrogens (primary N) is 1. The minimum atomic E-state index is -0.726.